The van der Waals surface area contributed by atoms with Crippen molar-refractivity contribution in [2.75, 3.05) is 6.54 Å². The van der Waals surface area contributed by atoms with E-state index < -0.39 is 0 Å². The number of nitrogens with one attached hydrogen (secondary N) is 2. The molecule has 1 aromatic carbocycles. The zero-order chi connectivity index (χ0) is 13.1. The molecule has 19 heavy (non-hydrogen) atoms. The molecule has 106 valence electrons. The van der Waals surface area contributed by atoms with Crippen molar-refractivity contribution in [2.45, 2.75) is 38.8 Å². The Hall–Kier alpha value is -1.13. The molecule has 2 N–H and O–H groups in total. The van der Waals surface area contributed by atoms with Crippen molar-refractivity contribution >= 4 is 18.3 Å². The van der Waals surface area contributed by atoms with Crippen LogP contribution in [0.15, 0.2) is 18.2 Å². The molecule has 0 saturated carbocycles. The van der Waals surface area contributed by atoms with Crippen LogP contribution in [0.2, 0.25) is 0 Å². The van der Waals surface area contributed by atoms with Gasteiger partial charge in [0.15, 0.2) is 0 Å². The van der Waals surface area contributed by atoms with E-state index in [1.165, 1.54) is 12.1 Å². The van der Waals surface area contributed by atoms with Crippen LogP contribution < -0.4 is 10.6 Å². The summed E-state index contributed by atoms with van der Waals surface area (Å²) < 4.78 is 13.1. The first kappa shape index (κ1) is 15.9. The van der Waals surface area contributed by atoms with Crippen LogP contribution in [0, 0.1) is 12.7 Å². The number of piperidine rings is 1. The predicted octanol–water partition coefficient (Wildman–Crippen LogP) is 2.43. The molecule has 0 aromatic heterocycles. The zero-order valence-electron chi connectivity index (χ0n) is 11.2. The quantitative estimate of drug-likeness (QED) is 0.877. The Balaban J connectivity index is 0.00000180. The minimum Gasteiger partial charge on any atom is -0.348 e. The third-order valence-electron chi connectivity index (χ3n) is 3.50. The number of benzene rings is 1. The van der Waals surface area contributed by atoms with Gasteiger partial charge < -0.3 is 10.6 Å². The Bertz CT molecular complexity index is 453. The van der Waals surface area contributed by atoms with E-state index in [2.05, 4.69) is 17.6 Å². The van der Waals surface area contributed by atoms with E-state index in [0.29, 0.717) is 11.1 Å². The van der Waals surface area contributed by atoms with E-state index >= 15 is 0 Å². The second kappa shape index (κ2) is 6.87. The predicted molar refractivity (Wildman–Crippen MR) is 76.3 cm³/mol. The van der Waals surface area contributed by atoms with Gasteiger partial charge in [0.2, 0.25) is 0 Å². The summed E-state index contributed by atoms with van der Waals surface area (Å²) in [7, 11) is 0. The minimum absolute atomic E-state index is 0. The van der Waals surface area contributed by atoms with Crippen LogP contribution in [-0.2, 0) is 0 Å². The number of amides is 1. The lowest BCUT2D eigenvalue weighted by Crippen LogP contribution is -2.51. The molecule has 2 rings (SSSR count). The maximum Gasteiger partial charge on any atom is 0.251 e. The highest BCUT2D eigenvalue weighted by Crippen LogP contribution is 2.12. The van der Waals surface area contributed by atoms with Gasteiger partial charge in [0.25, 0.3) is 5.91 Å². The van der Waals surface area contributed by atoms with Gasteiger partial charge >= 0.3 is 0 Å². The van der Waals surface area contributed by atoms with Crippen molar-refractivity contribution in [3.63, 3.8) is 0 Å². The van der Waals surface area contributed by atoms with Crippen LogP contribution in [0.1, 0.15) is 35.7 Å². The lowest BCUT2D eigenvalue weighted by atomic mass is 9.99. The van der Waals surface area contributed by atoms with Crippen LogP contribution in [-0.4, -0.2) is 24.5 Å². The van der Waals surface area contributed by atoms with E-state index in [-0.39, 0.29) is 36.2 Å². The van der Waals surface area contributed by atoms with Gasteiger partial charge in [0, 0.05) is 17.6 Å². The fourth-order valence-electron chi connectivity index (χ4n) is 2.28. The smallest absolute Gasteiger partial charge is 0.251 e. The molecule has 1 aliphatic rings. The van der Waals surface area contributed by atoms with E-state index in [1.54, 1.807) is 13.0 Å². The zero-order valence-corrected chi connectivity index (χ0v) is 12.0. The fourth-order valence-corrected chi connectivity index (χ4v) is 2.28. The average molecular weight is 287 g/mol. The molecule has 1 amide bonds. The Kier molecular flexibility index (Phi) is 5.76. The fraction of sp³-hybridized carbons (Fsp3) is 0.500. The van der Waals surface area contributed by atoms with Crippen LogP contribution in [0.25, 0.3) is 0 Å². The molecule has 1 fully saturated rings. The Labute approximate surface area is 119 Å². The second-order valence-corrected chi connectivity index (χ2v) is 4.93. The lowest BCUT2D eigenvalue weighted by molar-refractivity contribution is 0.0919. The van der Waals surface area contributed by atoms with Gasteiger partial charge in [-0.3, -0.25) is 4.79 Å². The summed E-state index contributed by atoms with van der Waals surface area (Å²) in [6, 6.07) is 4.89. The highest BCUT2D eigenvalue weighted by molar-refractivity contribution is 5.94. The van der Waals surface area contributed by atoms with Crippen LogP contribution >= 0.6 is 12.4 Å². The molecule has 2 unspecified atom stereocenters. The molecule has 0 aliphatic carbocycles. The largest absolute Gasteiger partial charge is 0.348 e. The molecule has 0 bridgehead atoms. The molecule has 2 atom stereocenters. The average Bonchev–Trinajstić information content (AvgIpc) is 2.35. The van der Waals surface area contributed by atoms with Gasteiger partial charge in [-0.15, -0.1) is 12.4 Å². The summed E-state index contributed by atoms with van der Waals surface area (Å²) in [4.78, 5) is 12.1. The molecule has 0 spiro atoms. The Morgan fingerprint density at radius 3 is 2.84 bits per heavy atom. The van der Waals surface area contributed by atoms with Gasteiger partial charge in [0.1, 0.15) is 5.82 Å². The van der Waals surface area contributed by atoms with Crippen LogP contribution in [0.4, 0.5) is 4.39 Å². The minimum atomic E-state index is -0.278. The highest BCUT2D eigenvalue weighted by Gasteiger charge is 2.22. The molecule has 5 heteroatoms. The monoisotopic (exact) mass is 286 g/mol. The molecular weight excluding hydrogens is 267 g/mol. The van der Waals surface area contributed by atoms with Crippen LogP contribution in [0.3, 0.4) is 0 Å². The number of carbonyl (C=O) groups excluding carboxylic acids is 1. The molecular formula is C14H20ClFN2O. The summed E-state index contributed by atoms with van der Waals surface area (Å²) in [6.07, 6.45) is 2.05. The molecule has 0 radical (unpaired) electrons. The first-order valence-electron chi connectivity index (χ1n) is 6.38. The lowest BCUT2D eigenvalue weighted by Gasteiger charge is -2.30. The maximum absolute atomic E-state index is 13.1. The number of aryl methyl sites for hydroxylation is 1. The summed E-state index contributed by atoms with van der Waals surface area (Å²) in [5.74, 6) is -0.405. The van der Waals surface area contributed by atoms with Crippen LogP contribution in [0.5, 0.6) is 0 Å². The van der Waals surface area contributed by atoms with Gasteiger partial charge in [0.05, 0.1) is 0 Å². The van der Waals surface area contributed by atoms with Crippen molar-refractivity contribution in [3.05, 3.63) is 35.1 Å². The van der Waals surface area contributed by atoms with E-state index in [9.17, 15) is 9.18 Å². The first-order valence-corrected chi connectivity index (χ1v) is 6.38. The van der Waals surface area contributed by atoms with Crippen molar-refractivity contribution in [2.24, 2.45) is 0 Å². The van der Waals surface area contributed by atoms with Gasteiger partial charge in [-0.05, 0) is 57.0 Å². The molecule has 1 saturated heterocycles. The van der Waals surface area contributed by atoms with Gasteiger partial charge in [-0.25, -0.2) is 4.39 Å². The third kappa shape index (κ3) is 3.91. The highest BCUT2D eigenvalue weighted by atomic mass is 35.5. The maximum atomic E-state index is 13.1. The molecule has 1 aromatic rings. The molecule has 1 heterocycles. The van der Waals surface area contributed by atoms with E-state index in [4.69, 9.17) is 0 Å². The summed E-state index contributed by atoms with van der Waals surface area (Å²) in [6.45, 7) is 4.74. The molecule has 1 aliphatic heterocycles. The number of halogens is 2. The summed E-state index contributed by atoms with van der Waals surface area (Å²) in [5.41, 5.74) is 1.02. The normalized spacial score (nSPS) is 22.5. The summed E-state index contributed by atoms with van der Waals surface area (Å²) in [5, 5.41) is 6.34. The van der Waals surface area contributed by atoms with Crippen molar-refractivity contribution in [1.82, 2.24) is 10.6 Å². The van der Waals surface area contributed by atoms with E-state index in [0.717, 1.165) is 19.4 Å². The first-order chi connectivity index (χ1) is 8.58. The van der Waals surface area contributed by atoms with Crippen molar-refractivity contribution in [1.29, 1.82) is 0 Å². The molecule has 3 nitrogen and oxygen atoms in total. The standard InChI is InChI=1S/C14H19FN2O.ClH/c1-9-8-11(5-6-12(9)15)14(18)17-13-4-3-7-16-10(13)2;/h5-6,8,10,13,16H,3-4,7H2,1-2H3,(H,17,18);1H. The summed E-state index contributed by atoms with van der Waals surface area (Å²) >= 11 is 0. The van der Waals surface area contributed by atoms with Gasteiger partial charge in [-0.1, -0.05) is 0 Å². The van der Waals surface area contributed by atoms with E-state index in [1.807, 2.05) is 0 Å². The SMILES string of the molecule is Cc1cc(C(=O)NC2CCCNC2C)ccc1F.Cl. The number of carbonyl (C=O) groups is 1. The topological polar surface area (TPSA) is 41.1 Å². The second-order valence-electron chi connectivity index (χ2n) is 4.93. The number of rotatable bonds is 2. The van der Waals surface area contributed by atoms with Crippen molar-refractivity contribution < 1.29 is 9.18 Å². The Morgan fingerprint density at radius 2 is 2.21 bits per heavy atom. The Morgan fingerprint density at radius 1 is 1.47 bits per heavy atom. The van der Waals surface area contributed by atoms with Gasteiger partial charge in [-0.2, -0.15) is 0 Å². The number of hydrogen-bond donors (Lipinski definition) is 2. The van der Waals surface area contributed by atoms with Crippen molar-refractivity contribution in [3.8, 4) is 0 Å². The third-order valence-corrected chi connectivity index (χ3v) is 3.50. The number of hydrogen-bond acceptors (Lipinski definition) is 2.